The molecule has 0 radical (unpaired) electrons. The maximum atomic E-state index is 12.3. The van der Waals surface area contributed by atoms with Crippen LogP contribution in [-0.2, 0) is 24.2 Å². The van der Waals surface area contributed by atoms with E-state index in [1.807, 2.05) is 35.5 Å². The van der Waals surface area contributed by atoms with Crippen LogP contribution < -0.4 is 0 Å². The molecule has 24 heavy (non-hydrogen) atoms. The first-order valence-corrected chi connectivity index (χ1v) is 8.94. The topological polar surface area (TPSA) is 51.0 Å². The average molecular weight is 345 g/mol. The third kappa shape index (κ3) is 3.61. The van der Waals surface area contributed by atoms with Crippen molar-refractivity contribution < 1.29 is 4.79 Å². The predicted molar refractivity (Wildman–Crippen MR) is 91.7 cm³/mol. The molecule has 2 heterocycles. The first kappa shape index (κ1) is 15.6. The van der Waals surface area contributed by atoms with Crippen LogP contribution in [0.1, 0.15) is 24.2 Å². The lowest BCUT2D eigenvalue weighted by Gasteiger charge is -2.39. The van der Waals surface area contributed by atoms with Gasteiger partial charge < -0.3 is 9.47 Å². The monoisotopic (exact) mass is 344 g/mol. The fourth-order valence-electron chi connectivity index (χ4n) is 3.22. The lowest BCUT2D eigenvalue weighted by Crippen LogP contribution is -2.51. The summed E-state index contributed by atoms with van der Waals surface area (Å²) in [7, 11) is 0. The molecule has 1 saturated carbocycles. The van der Waals surface area contributed by atoms with Gasteiger partial charge in [0.2, 0.25) is 5.91 Å². The number of benzene rings is 1. The van der Waals surface area contributed by atoms with Crippen LogP contribution in [0.15, 0.2) is 30.6 Å². The van der Waals surface area contributed by atoms with Gasteiger partial charge in [-0.2, -0.15) is 0 Å². The van der Waals surface area contributed by atoms with E-state index < -0.39 is 0 Å². The third-order valence-electron chi connectivity index (χ3n) is 4.90. The normalized spacial score (nSPS) is 17.8. The Morgan fingerprint density at radius 2 is 1.92 bits per heavy atom. The molecule has 6 heteroatoms. The van der Waals surface area contributed by atoms with Gasteiger partial charge in [-0.25, -0.2) is 0 Å². The molecule has 0 atom stereocenters. The van der Waals surface area contributed by atoms with Crippen LogP contribution in [0.4, 0.5) is 0 Å². The Labute approximate surface area is 146 Å². The average Bonchev–Trinajstić information content (AvgIpc) is 3.23. The van der Waals surface area contributed by atoms with Crippen molar-refractivity contribution in [2.24, 2.45) is 11.8 Å². The van der Waals surface area contributed by atoms with Gasteiger partial charge in [-0.15, -0.1) is 10.2 Å². The second kappa shape index (κ2) is 6.55. The standard InChI is InChI=1S/C18H21ClN4O/c19-16-5-3-13(4-6-16)8-18(24)22-10-15(11-22)7-17-21-20-12-23(17)9-14-1-2-14/h3-6,12,14-15H,1-2,7-11H2. The van der Waals surface area contributed by atoms with Crippen LogP contribution >= 0.6 is 11.6 Å². The summed E-state index contributed by atoms with van der Waals surface area (Å²) in [4.78, 5) is 14.2. The molecule has 0 N–H and O–H groups in total. The molecule has 1 amide bonds. The Hall–Kier alpha value is -1.88. The van der Waals surface area contributed by atoms with Crippen molar-refractivity contribution in [3.8, 4) is 0 Å². The first-order chi connectivity index (χ1) is 11.7. The number of nitrogens with zero attached hydrogens (tertiary/aromatic N) is 4. The van der Waals surface area contributed by atoms with E-state index in [0.717, 1.165) is 43.4 Å². The summed E-state index contributed by atoms with van der Waals surface area (Å²) >= 11 is 5.88. The molecule has 1 aromatic carbocycles. The molecule has 1 aliphatic heterocycles. The van der Waals surface area contributed by atoms with Crippen LogP contribution in [0.5, 0.6) is 0 Å². The van der Waals surface area contributed by atoms with Crippen LogP contribution in [0, 0.1) is 11.8 Å². The van der Waals surface area contributed by atoms with Gasteiger partial charge in [-0.3, -0.25) is 4.79 Å². The predicted octanol–water partition coefficient (Wildman–Crippen LogP) is 2.59. The maximum absolute atomic E-state index is 12.3. The van der Waals surface area contributed by atoms with E-state index in [2.05, 4.69) is 14.8 Å². The Morgan fingerprint density at radius 3 is 2.62 bits per heavy atom. The lowest BCUT2D eigenvalue weighted by atomic mass is 9.95. The minimum Gasteiger partial charge on any atom is -0.342 e. The van der Waals surface area contributed by atoms with Crippen molar-refractivity contribution >= 4 is 17.5 Å². The number of carbonyl (C=O) groups is 1. The maximum Gasteiger partial charge on any atom is 0.227 e. The minimum atomic E-state index is 0.188. The molecule has 1 aliphatic carbocycles. The minimum absolute atomic E-state index is 0.188. The Kier molecular flexibility index (Phi) is 4.27. The Morgan fingerprint density at radius 1 is 1.17 bits per heavy atom. The number of amides is 1. The zero-order valence-electron chi connectivity index (χ0n) is 13.6. The molecular formula is C18H21ClN4O. The van der Waals surface area contributed by atoms with E-state index in [4.69, 9.17) is 11.6 Å². The van der Waals surface area contributed by atoms with E-state index in [1.165, 1.54) is 12.8 Å². The summed E-state index contributed by atoms with van der Waals surface area (Å²) in [6.45, 7) is 2.69. The molecule has 126 valence electrons. The molecule has 2 aliphatic rings. The van der Waals surface area contributed by atoms with Gasteiger partial charge in [0.25, 0.3) is 0 Å². The second-order valence-electron chi connectivity index (χ2n) is 7.02. The SMILES string of the molecule is O=C(Cc1ccc(Cl)cc1)N1CC(Cc2nncn2CC2CC2)C1. The highest BCUT2D eigenvalue weighted by Crippen LogP contribution is 2.31. The van der Waals surface area contributed by atoms with Crippen molar-refractivity contribution in [2.75, 3.05) is 13.1 Å². The highest BCUT2D eigenvalue weighted by molar-refractivity contribution is 6.30. The van der Waals surface area contributed by atoms with Crippen LogP contribution in [0.25, 0.3) is 0 Å². The number of likely N-dealkylation sites (tertiary alicyclic amines) is 1. The zero-order valence-corrected chi connectivity index (χ0v) is 14.3. The van der Waals surface area contributed by atoms with Crippen molar-refractivity contribution in [3.05, 3.63) is 47.0 Å². The third-order valence-corrected chi connectivity index (χ3v) is 5.15. The summed E-state index contributed by atoms with van der Waals surface area (Å²) in [5.74, 6) is 2.57. The Balaban J connectivity index is 1.26. The van der Waals surface area contributed by atoms with E-state index in [9.17, 15) is 4.79 Å². The van der Waals surface area contributed by atoms with Crippen molar-refractivity contribution in [1.82, 2.24) is 19.7 Å². The van der Waals surface area contributed by atoms with Gasteiger partial charge in [0.05, 0.1) is 6.42 Å². The number of hydrogen-bond donors (Lipinski definition) is 0. The first-order valence-electron chi connectivity index (χ1n) is 8.56. The van der Waals surface area contributed by atoms with Gasteiger partial charge in [0.15, 0.2) is 0 Å². The summed E-state index contributed by atoms with van der Waals surface area (Å²) in [5, 5.41) is 9.01. The molecular weight excluding hydrogens is 324 g/mol. The molecule has 0 bridgehead atoms. The molecule has 2 fully saturated rings. The van der Waals surface area contributed by atoms with E-state index in [1.54, 1.807) is 0 Å². The Bertz CT molecular complexity index is 717. The summed E-state index contributed by atoms with van der Waals surface area (Å²) in [5.41, 5.74) is 1.01. The van der Waals surface area contributed by atoms with Gasteiger partial charge in [0, 0.05) is 37.0 Å². The van der Waals surface area contributed by atoms with Gasteiger partial charge in [-0.05, 0) is 36.5 Å². The van der Waals surface area contributed by atoms with Gasteiger partial charge >= 0.3 is 0 Å². The van der Waals surface area contributed by atoms with Crippen LogP contribution in [0.3, 0.4) is 0 Å². The van der Waals surface area contributed by atoms with Crippen molar-refractivity contribution in [1.29, 1.82) is 0 Å². The summed E-state index contributed by atoms with van der Waals surface area (Å²) in [6.07, 6.45) is 5.86. The molecule has 0 spiro atoms. The number of hydrogen-bond acceptors (Lipinski definition) is 3. The fourth-order valence-corrected chi connectivity index (χ4v) is 3.34. The molecule has 1 aromatic heterocycles. The van der Waals surface area contributed by atoms with E-state index >= 15 is 0 Å². The molecule has 5 nitrogen and oxygen atoms in total. The molecule has 1 saturated heterocycles. The lowest BCUT2D eigenvalue weighted by molar-refractivity contribution is -0.136. The van der Waals surface area contributed by atoms with E-state index in [0.29, 0.717) is 17.4 Å². The van der Waals surface area contributed by atoms with Crippen molar-refractivity contribution in [3.63, 3.8) is 0 Å². The number of rotatable bonds is 6. The van der Waals surface area contributed by atoms with Gasteiger partial charge in [0.1, 0.15) is 12.2 Å². The highest BCUT2D eigenvalue weighted by Gasteiger charge is 2.32. The summed E-state index contributed by atoms with van der Waals surface area (Å²) < 4.78 is 2.19. The molecule has 4 rings (SSSR count). The number of carbonyl (C=O) groups excluding carboxylic acids is 1. The van der Waals surface area contributed by atoms with E-state index in [-0.39, 0.29) is 5.91 Å². The van der Waals surface area contributed by atoms with Crippen LogP contribution in [-0.4, -0.2) is 38.7 Å². The quantitative estimate of drug-likeness (QED) is 0.809. The van der Waals surface area contributed by atoms with Crippen LogP contribution in [0.2, 0.25) is 5.02 Å². The van der Waals surface area contributed by atoms with Gasteiger partial charge in [-0.1, -0.05) is 23.7 Å². The number of halogens is 1. The number of aromatic nitrogens is 3. The smallest absolute Gasteiger partial charge is 0.227 e. The fraction of sp³-hybridized carbons (Fsp3) is 0.500. The zero-order chi connectivity index (χ0) is 16.5. The largest absolute Gasteiger partial charge is 0.342 e. The van der Waals surface area contributed by atoms with Crippen molar-refractivity contribution in [2.45, 2.75) is 32.2 Å². The molecule has 2 aromatic rings. The molecule has 0 unspecified atom stereocenters. The highest BCUT2D eigenvalue weighted by atomic mass is 35.5. The second-order valence-corrected chi connectivity index (χ2v) is 7.45. The summed E-state index contributed by atoms with van der Waals surface area (Å²) in [6, 6.07) is 7.49.